The van der Waals surface area contributed by atoms with Crippen LogP contribution in [0.3, 0.4) is 0 Å². The van der Waals surface area contributed by atoms with Crippen molar-refractivity contribution in [2.45, 2.75) is 82.9 Å². The Hall–Kier alpha value is -2.75. The number of nitrogens with one attached hydrogen (secondary N) is 2. The molecule has 9 nitrogen and oxygen atoms in total. The van der Waals surface area contributed by atoms with E-state index >= 15 is 0 Å². The zero-order valence-corrected chi connectivity index (χ0v) is 20.8. The first-order valence-corrected chi connectivity index (χ1v) is 13.6. The van der Waals surface area contributed by atoms with Crippen LogP contribution < -0.4 is 14.8 Å². The van der Waals surface area contributed by atoms with E-state index in [0.717, 1.165) is 5.69 Å². The number of aromatic nitrogens is 3. The Balaban J connectivity index is 0.000000982. The van der Waals surface area contributed by atoms with Gasteiger partial charge in [-0.3, -0.25) is 19.5 Å². The molecule has 0 aliphatic heterocycles. The SMILES string of the molecule is C1CCC1.CCOc1cncc(C(C)CCC(=O)NCc2cc(NS(=O)(=O)C3CC3)ccn2)n1.[HH].[HH]. The summed E-state index contributed by atoms with van der Waals surface area (Å²) in [6.45, 7) is 4.62. The van der Waals surface area contributed by atoms with Crippen LogP contribution in [-0.4, -0.2) is 41.1 Å². The number of hydrogen-bond acceptors (Lipinski definition) is 7. The van der Waals surface area contributed by atoms with Crippen LogP contribution in [0.2, 0.25) is 0 Å². The Morgan fingerprint density at radius 2 is 1.97 bits per heavy atom. The van der Waals surface area contributed by atoms with Gasteiger partial charge in [-0.25, -0.2) is 13.4 Å². The van der Waals surface area contributed by atoms with Gasteiger partial charge < -0.3 is 10.1 Å². The van der Waals surface area contributed by atoms with Crippen molar-refractivity contribution in [1.29, 1.82) is 0 Å². The third-order valence-electron chi connectivity index (χ3n) is 5.74. The first kappa shape index (κ1) is 25.9. The summed E-state index contributed by atoms with van der Waals surface area (Å²) in [4.78, 5) is 24.9. The summed E-state index contributed by atoms with van der Waals surface area (Å²) in [6, 6.07) is 3.24. The zero-order valence-electron chi connectivity index (χ0n) is 20.0. The standard InChI is InChI=1S/C20H27N5O4S.C4H8.2H2/c1-3-29-20-13-21-12-18(24-20)14(2)4-7-19(26)23-11-16-10-15(8-9-22-16)25-30(27,28)17-5-6-17;1-2-4-3-1;;/h8-10,12-14,17H,3-7,11H2,1-2H3,(H,22,25)(H,23,26);1-4H2;2*1H. The van der Waals surface area contributed by atoms with Crippen molar-refractivity contribution >= 4 is 21.6 Å². The lowest BCUT2D eigenvalue weighted by molar-refractivity contribution is -0.121. The molecule has 2 fully saturated rings. The normalized spacial score (nSPS) is 15.8. The molecule has 1 atom stereocenters. The smallest absolute Gasteiger partial charge is 0.235 e. The summed E-state index contributed by atoms with van der Waals surface area (Å²) < 4.78 is 32.0. The number of anilines is 1. The highest BCUT2D eigenvalue weighted by atomic mass is 32.2. The minimum absolute atomic E-state index is 0. The van der Waals surface area contributed by atoms with Crippen molar-refractivity contribution in [3.8, 4) is 5.88 Å². The second-order valence-electron chi connectivity index (χ2n) is 8.73. The van der Waals surface area contributed by atoms with Crippen LogP contribution in [0.25, 0.3) is 0 Å². The number of hydrogen-bond donors (Lipinski definition) is 2. The quantitative estimate of drug-likeness (QED) is 0.475. The van der Waals surface area contributed by atoms with E-state index in [4.69, 9.17) is 4.74 Å². The molecule has 4 rings (SSSR count). The molecule has 0 saturated heterocycles. The van der Waals surface area contributed by atoms with Crippen molar-refractivity contribution < 1.29 is 20.8 Å². The molecule has 2 saturated carbocycles. The van der Waals surface area contributed by atoms with Crippen LogP contribution in [0.1, 0.15) is 85.4 Å². The molecule has 0 radical (unpaired) electrons. The molecular formula is C24H39N5O4S. The zero-order chi connectivity index (χ0) is 24.4. The average Bonchev–Trinajstić information content (AvgIpc) is 3.62. The lowest BCUT2D eigenvalue weighted by Gasteiger charge is -2.12. The fraction of sp³-hybridized carbons (Fsp3) is 0.583. The number of nitrogens with zero attached hydrogens (tertiary/aromatic N) is 3. The third-order valence-corrected chi connectivity index (χ3v) is 7.61. The van der Waals surface area contributed by atoms with Crippen LogP contribution >= 0.6 is 0 Å². The Morgan fingerprint density at radius 1 is 1.24 bits per heavy atom. The van der Waals surface area contributed by atoms with E-state index in [0.29, 0.717) is 49.6 Å². The van der Waals surface area contributed by atoms with Gasteiger partial charge in [-0.2, -0.15) is 0 Å². The van der Waals surface area contributed by atoms with Crippen molar-refractivity contribution in [2.75, 3.05) is 11.3 Å². The Morgan fingerprint density at radius 3 is 2.62 bits per heavy atom. The predicted octanol–water partition coefficient (Wildman–Crippen LogP) is 4.43. The number of rotatable bonds is 11. The second-order valence-corrected chi connectivity index (χ2v) is 10.7. The highest BCUT2D eigenvalue weighted by Gasteiger charge is 2.35. The van der Waals surface area contributed by atoms with Crippen LogP contribution in [0.5, 0.6) is 5.88 Å². The van der Waals surface area contributed by atoms with Gasteiger partial charge in [0.05, 0.1) is 41.7 Å². The van der Waals surface area contributed by atoms with E-state index in [1.54, 1.807) is 24.5 Å². The molecule has 190 valence electrons. The first-order valence-electron chi connectivity index (χ1n) is 12.1. The molecule has 10 heteroatoms. The maximum absolute atomic E-state index is 12.2. The van der Waals surface area contributed by atoms with Gasteiger partial charge in [-0.1, -0.05) is 32.6 Å². The molecule has 1 amide bonds. The van der Waals surface area contributed by atoms with Gasteiger partial charge in [-0.15, -0.1) is 0 Å². The number of pyridine rings is 1. The topological polar surface area (TPSA) is 123 Å². The largest absolute Gasteiger partial charge is 0.477 e. The average molecular weight is 494 g/mol. The highest BCUT2D eigenvalue weighted by molar-refractivity contribution is 7.93. The molecule has 2 aromatic rings. The van der Waals surface area contributed by atoms with E-state index in [9.17, 15) is 13.2 Å². The van der Waals surface area contributed by atoms with Crippen LogP contribution in [-0.2, 0) is 21.4 Å². The van der Waals surface area contributed by atoms with Gasteiger partial charge in [0.1, 0.15) is 0 Å². The minimum Gasteiger partial charge on any atom is -0.477 e. The van der Waals surface area contributed by atoms with E-state index < -0.39 is 10.0 Å². The number of ether oxygens (including phenoxy) is 1. The molecule has 2 aromatic heterocycles. The Bertz CT molecular complexity index is 1050. The summed E-state index contributed by atoms with van der Waals surface area (Å²) in [5, 5.41) is 2.53. The van der Waals surface area contributed by atoms with E-state index in [-0.39, 0.29) is 26.5 Å². The van der Waals surface area contributed by atoms with Gasteiger partial charge in [0.15, 0.2) is 0 Å². The van der Waals surface area contributed by atoms with E-state index in [2.05, 4.69) is 25.0 Å². The molecule has 2 aliphatic rings. The van der Waals surface area contributed by atoms with Gasteiger partial charge >= 0.3 is 0 Å². The maximum Gasteiger partial charge on any atom is 0.235 e. The molecule has 0 aromatic carbocycles. The summed E-state index contributed by atoms with van der Waals surface area (Å²) in [5.74, 6) is 0.429. The van der Waals surface area contributed by atoms with Gasteiger partial charge in [0, 0.05) is 27.6 Å². The van der Waals surface area contributed by atoms with E-state index in [1.165, 1.54) is 31.9 Å². The number of carbonyl (C=O) groups excluding carboxylic acids is 1. The fourth-order valence-corrected chi connectivity index (χ4v) is 4.48. The number of carbonyl (C=O) groups is 1. The molecule has 0 spiro atoms. The summed E-state index contributed by atoms with van der Waals surface area (Å²) >= 11 is 0. The van der Waals surface area contributed by atoms with Crippen LogP contribution in [0.15, 0.2) is 30.7 Å². The molecule has 2 N–H and O–H groups in total. The van der Waals surface area contributed by atoms with Gasteiger partial charge in [0.25, 0.3) is 0 Å². The summed E-state index contributed by atoms with van der Waals surface area (Å²) in [5.41, 5.74) is 1.83. The monoisotopic (exact) mass is 493 g/mol. The minimum atomic E-state index is -3.32. The third kappa shape index (κ3) is 8.55. The molecule has 34 heavy (non-hydrogen) atoms. The fourth-order valence-electron chi connectivity index (χ4n) is 3.10. The lowest BCUT2D eigenvalue weighted by atomic mass is 10.0. The summed E-state index contributed by atoms with van der Waals surface area (Å²) in [6.07, 6.45) is 13.1. The maximum atomic E-state index is 12.2. The summed E-state index contributed by atoms with van der Waals surface area (Å²) in [7, 11) is -3.32. The van der Waals surface area contributed by atoms with Crippen molar-refractivity contribution in [2.24, 2.45) is 0 Å². The first-order chi connectivity index (χ1) is 16.4. The van der Waals surface area contributed by atoms with Crippen LogP contribution in [0, 0.1) is 0 Å². The number of amides is 1. The number of sulfonamides is 1. The molecule has 2 heterocycles. The highest BCUT2D eigenvalue weighted by Crippen LogP contribution is 2.29. The Kier molecular flexibility index (Phi) is 9.62. The van der Waals surface area contributed by atoms with E-state index in [1.807, 2.05) is 13.8 Å². The molecule has 0 bridgehead atoms. The predicted molar refractivity (Wildman–Crippen MR) is 135 cm³/mol. The molecular weight excluding hydrogens is 454 g/mol. The second kappa shape index (κ2) is 12.6. The van der Waals surface area contributed by atoms with Gasteiger partial charge in [0.2, 0.25) is 21.8 Å². The van der Waals surface area contributed by atoms with Crippen molar-refractivity contribution in [3.63, 3.8) is 0 Å². The lowest BCUT2D eigenvalue weighted by Crippen LogP contribution is -2.23. The molecule has 1 unspecified atom stereocenters. The van der Waals surface area contributed by atoms with Crippen LogP contribution in [0.4, 0.5) is 5.69 Å². The van der Waals surface area contributed by atoms with Crippen molar-refractivity contribution in [3.05, 3.63) is 42.1 Å². The van der Waals surface area contributed by atoms with Gasteiger partial charge in [-0.05, 0) is 38.3 Å². The van der Waals surface area contributed by atoms with Crippen molar-refractivity contribution in [1.82, 2.24) is 20.3 Å². The molecule has 2 aliphatic carbocycles. The Labute approximate surface area is 205 Å².